The molecule has 0 aliphatic carbocycles. The molecule has 0 radical (unpaired) electrons. The number of amides is 1. The van der Waals surface area contributed by atoms with Crippen molar-refractivity contribution in [3.05, 3.63) is 65.1 Å². The molecule has 5 heterocycles. The monoisotopic (exact) mass is 614 g/mol. The number of aliphatic hydroxyl groups excluding tert-OH is 1. The molecule has 3 aromatic heterocycles. The van der Waals surface area contributed by atoms with Crippen LogP contribution in [0.3, 0.4) is 0 Å². The molecule has 5 aromatic rings. The molecule has 1 N–H and O–H groups in total. The molecule has 2 aliphatic rings. The Kier molecular flexibility index (Phi) is 7.41. The van der Waals surface area contributed by atoms with Crippen LogP contribution in [-0.2, 0) is 13.0 Å². The summed E-state index contributed by atoms with van der Waals surface area (Å²) < 4.78 is 14.6. The van der Waals surface area contributed by atoms with Crippen LogP contribution in [0.2, 0.25) is 0 Å². The number of hydrogen-bond donors (Lipinski definition) is 1. The summed E-state index contributed by atoms with van der Waals surface area (Å²) in [6, 6.07) is 11.3. The highest BCUT2D eigenvalue weighted by molar-refractivity contribution is 7.22. The van der Waals surface area contributed by atoms with Gasteiger partial charge in [-0.25, -0.2) is 19.6 Å². The smallest absolute Gasteiger partial charge is 0.253 e. The normalized spacial score (nSPS) is 16.4. The lowest BCUT2D eigenvalue weighted by Crippen LogP contribution is -2.42. The predicted octanol–water partition coefficient (Wildman–Crippen LogP) is 5.64. The Hall–Kier alpha value is -4.13. The minimum atomic E-state index is -0.444. The number of nitrogens with zero attached hydrogens (tertiary/aromatic N) is 6. The molecule has 7 rings (SSSR count). The number of piperidine rings is 1. The van der Waals surface area contributed by atoms with Gasteiger partial charge < -0.3 is 19.5 Å². The van der Waals surface area contributed by atoms with E-state index < -0.39 is 6.10 Å². The number of aromatic nitrogens is 4. The molecule has 0 spiro atoms. The number of benzene rings is 2. The van der Waals surface area contributed by atoms with Crippen LogP contribution in [0.1, 0.15) is 48.1 Å². The van der Waals surface area contributed by atoms with E-state index in [2.05, 4.69) is 12.0 Å². The highest BCUT2D eigenvalue weighted by atomic mass is 32.1. The first-order valence-electron chi connectivity index (χ1n) is 14.3. The van der Waals surface area contributed by atoms with Crippen LogP contribution in [0.5, 0.6) is 11.5 Å². The Morgan fingerprint density at radius 2 is 2.00 bits per heavy atom. The molecule has 1 saturated heterocycles. The first-order chi connectivity index (χ1) is 21.0. The van der Waals surface area contributed by atoms with E-state index in [4.69, 9.17) is 24.4 Å². The van der Waals surface area contributed by atoms with Crippen molar-refractivity contribution in [3.63, 3.8) is 0 Å². The lowest BCUT2D eigenvalue weighted by Gasteiger charge is -2.30. The summed E-state index contributed by atoms with van der Waals surface area (Å²) in [4.78, 5) is 29.0. The van der Waals surface area contributed by atoms with Crippen LogP contribution < -0.4 is 9.47 Å². The zero-order valence-electron chi connectivity index (χ0n) is 23.8. The van der Waals surface area contributed by atoms with Crippen LogP contribution >= 0.6 is 22.7 Å². The van der Waals surface area contributed by atoms with Crippen molar-refractivity contribution in [1.29, 1.82) is 0 Å². The summed E-state index contributed by atoms with van der Waals surface area (Å²) in [5.41, 5.74) is 5.06. The highest BCUT2D eigenvalue weighted by Gasteiger charge is 2.24. The number of hydrogen-bond acceptors (Lipinski definition) is 10. The van der Waals surface area contributed by atoms with Crippen molar-refractivity contribution in [2.24, 2.45) is 5.10 Å². The van der Waals surface area contributed by atoms with E-state index in [0.717, 1.165) is 74.4 Å². The van der Waals surface area contributed by atoms with Gasteiger partial charge in [0.2, 0.25) is 0 Å². The van der Waals surface area contributed by atoms with Crippen LogP contribution in [0.4, 0.5) is 0 Å². The summed E-state index contributed by atoms with van der Waals surface area (Å²) in [6.45, 7) is 3.45. The number of carbonyl (C=O) groups excluding carboxylic acids is 1. The maximum Gasteiger partial charge on any atom is 0.253 e. The largest absolute Gasteiger partial charge is 0.497 e. The molecule has 1 amide bonds. The maximum absolute atomic E-state index is 12.9. The summed E-state index contributed by atoms with van der Waals surface area (Å²) in [7, 11) is 1.63. The zero-order chi connectivity index (χ0) is 29.5. The maximum atomic E-state index is 12.9. The van der Waals surface area contributed by atoms with E-state index in [-0.39, 0.29) is 12.5 Å². The second-order valence-corrected chi connectivity index (χ2v) is 12.5. The van der Waals surface area contributed by atoms with Crippen LogP contribution in [0.15, 0.2) is 53.1 Å². The highest BCUT2D eigenvalue weighted by Crippen LogP contribution is 2.39. The average molecular weight is 615 g/mol. The lowest BCUT2D eigenvalue weighted by atomic mass is 10.1. The molecular formula is C31H30N6O4S2. The van der Waals surface area contributed by atoms with Gasteiger partial charge in [-0.1, -0.05) is 19.1 Å². The number of thiazole rings is 2. The van der Waals surface area contributed by atoms with Crippen molar-refractivity contribution in [1.82, 2.24) is 24.5 Å². The summed E-state index contributed by atoms with van der Waals surface area (Å²) in [5.74, 6) is 2.22. The van der Waals surface area contributed by atoms with Gasteiger partial charge in [0.15, 0.2) is 0 Å². The van der Waals surface area contributed by atoms with E-state index in [1.165, 1.54) is 22.7 Å². The second kappa shape index (κ2) is 11.5. The Morgan fingerprint density at radius 1 is 1.14 bits per heavy atom. The van der Waals surface area contributed by atoms with Gasteiger partial charge in [0.1, 0.15) is 39.6 Å². The van der Waals surface area contributed by atoms with Gasteiger partial charge in [-0.3, -0.25) is 4.79 Å². The van der Waals surface area contributed by atoms with Gasteiger partial charge in [0, 0.05) is 53.9 Å². The molecule has 0 unspecified atom stereocenters. The number of fused-ring (bicyclic) bond motifs is 2. The standard InChI is InChI=1S/C31H30N6O4S2/c1-3-20-11-27-33-25(15-37(27)35-20)30-34-24-12-23(40-2)13-26(28(24)43-30)41-16-21-17-42-29(32-21)18-6-8-19(9-7-18)31(39)36-10-4-5-22(38)14-36/h6-9,12-13,15,17,22,38H,3-5,10-11,14,16H2,1-2H3/t22-/m0/s1. The summed E-state index contributed by atoms with van der Waals surface area (Å²) in [5, 5.41) is 18.2. The zero-order valence-corrected chi connectivity index (χ0v) is 25.5. The molecule has 1 fully saturated rings. The molecule has 0 saturated carbocycles. The molecule has 2 aliphatic heterocycles. The van der Waals surface area contributed by atoms with Crippen molar-refractivity contribution < 1.29 is 19.4 Å². The third-order valence-electron chi connectivity index (χ3n) is 7.65. The average Bonchev–Trinajstić information content (AvgIpc) is 3.82. The molecule has 10 nitrogen and oxygen atoms in total. The van der Waals surface area contributed by atoms with Crippen molar-refractivity contribution in [3.8, 4) is 32.8 Å². The van der Waals surface area contributed by atoms with Gasteiger partial charge in [-0.2, -0.15) is 5.10 Å². The van der Waals surface area contributed by atoms with Crippen LogP contribution in [0, 0.1) is 0 Å². The molecule has 220 valence electrons. The van der Waals surface area contributed by atoms with Gasteiger partial charge in [-0.05, 0) is 31.4 Å². The van der Waals surface area contributed by atoms with E-state index in [1.54, 1.807) is 12.0 Å². The SMILES string of the molecule is CCC1=Nn2cc(-c3nc4cc(OC)cc(OCc5csc(-c6ccc(C(=O)N7CCC[C@H](O)C7)cc6)n5)c4s3)nc2C1. The number of aliphatic hydroxyl groups is 1. The predicted molar refractivity (Wildman–Crippen MR) is 167 cm³/mol. The van der Waals surface area contributed by atoms with Crippen molar-refractivity contribution >= 4 is 44.5 Å². The second-order valence-electron chi connectivity index (χ2n) is 10.6. The molecule has 0 bridgehead atoms. The number of imidazole rings is 1. The van der Waals surface area contributed by atoms with E-state index in [9.17, 15) is 9.90 Å². The Morgan fingerprint density at radius 3 is 2.77 bits per heavy atom. The lowest BCUT2D eigenvalue weighted by molar-refractivity contribution is 0.0474. The Balaban J connectivity index is 1.07. The summed E-state index contributed by atoms with van der Waals surface area (Å²) >= 11 is 3.06. The number of carbonyl (C=O) groups is 1. The number of ether oxygens (including phenoxy) is 2. The third kappa shape index (κ3) is 5.53. The quantitative estimate of drug-likeness (QED) is 0.241. The molecule has 12 heteroatoms. The van der Waals surface area contributed by atoms with Gasteiger partial charge in [-0.15, -0.1) is 22.7 Å². The number of likely N-dealkylation sites (tertiary alicyclic amines) is 1. The number of β-amino-alcohol motifs (C(OH)–C–C–N with tert-alkyl or cyclic N) is 1. The van der Waals surface area contributed by atoms with Gasteiger partial charge in [0.25, 0.3) is 5.91 Å². The summed E-state index contributed by atoms with van der Waals surface area (Å²) in [6.07, 6.45) is 4.74. The fraction of sp³-hybridized carbons (Fsp3) is 0.323. The van der Waals surface area contributed by atoms with Crippen LogP contribution in [-0.4, -0.2) is 67.6 Å². The van der Waals surface area contributed by atoms with E-state index >= 15 is 0 Å². The van der Waals surface area contributed by atoms with Crippen molar-refractivity contribution in [2.45, 2.75) is 45.3 Å². The van der Waals surface area contributed by atoms with Gasteiger partial charge >= 0.3 is 0 Å². The fourth-order valence-corrected chi connectivity index (χ4v) is 7.11. The van der Waals surface area contributed by atoms with Crippen molar-refractivity contribution in [2.75, 3.05) is 20.2 Å². The van der Waals surface area contributed by atoms with Crippen LogP contribution in [0.25, 0.3) is 31.5 Å². The topological polar surface area (TPSA) is 115 Å². The Labute approximate surface area is 256 Å². The minimum absolute atomic E-state index is 0.0505. The Bertz CT molecular complexity index is 1840. The third-order valence-corrected chi connectivity index (χ3v) is 9.70. The molecular weight excluding hydrogens is 585 g/mol. The first-order valence-corrected chi connectivity index (χ1v) is 16.0. The first kappa shape index (κ1) is 27.7. The number of rotatable bonds is 8. The number of methoxy groups -OCH3 is 1. The molecule has 2 aromatic carbocycles. The van der Waals surface area contributed by atoms with Gasteiger partial charge in [0.05, 0.1) is 35.3 Å². The fourth-order valence-electron chi connectivity index (χ4n) is 5.33. The minimum Gasteiger partial charge on any atom is -0.497 e. The molecule has 1 atom stereocenters. The molecule has 43 heavy (non-hydrogen) atoms. The van der Waals surface area contributed by atoms with E-state index in [1.807, 2.05) is 52.7 Å². The van der Waals surface area contributed by atoms with E-state index in [0.29, 0.717) is 30.2 Å².